The van der Waals surface area contributed by atoms with Crippen molar-refractivity contribution in [3.63, 3.8) is 0 Å². The Bertz CT molecular complexity index is 686. The van der Waals surface area contributed by atoms with Gasteiger partial charge in [0.05, 0.1) is 18.6 Å². The zero-order chi connectivity index (χ0) is 15.9. The summed E-state index contributed by atoms with van der Waals surface area (Å²) < 4.78 is 0. The van der Waals surface area contributed by atoms with Gasteiger partial charge in [0.2, 0.25) is 5.91 Å². The van der Waals surface area contributed by atoms with E-state index in [1.54, 1.807) is 4.90 Å². The molecule has 1 fully saturated rings. The lowest BCUT2D eigenvalue weighted by Gasteiger charge is -2.47. The Labute approximate surface area is 131 Å². The molecule has 0 radical (unpaired) electrons. The van der Waals surface area contributed by atoms with Gasteiger partial charge in [-0.3, -0.25) is 4.79 Å². The summed E-state index contributed by atoms with van der Waals surface area (Å²) in [5.41, 5.74) is 5.27. The minimum Gasteiger partial charge on any atom is -0.394 e. The molecule has 0 aromatic heterocycles. The van der Waals surface area contributed by atoms with Crippen LogP contribution >= 0.6 is 0 Å². The van der Waals surface area contributed by atoms with Crippen LogP contribution in [0.25, 0.3) is 0 Å². The normalized spacial score (nSPS) is 20.9. The molecule has 1 amide bonds. The summed E-state index contributed by atoms with van der Waals surface area (Å²) in [5, 5.41) is 9.81. The van der Waals surface area contributed by atoms with Crippen molar-refractivity contribution in [3.8, 4) is 0 Å². The number of aliphatic hydroxyl groups is 1. The molecule has 2 aromatic carbocycles. The molecule has 3 nitrogen and oxygen atoms in total. The summed E-state index contributed by atoms with van der Waals surface area (Å²) in [6.45, 7) is 6.07. The Hall–Kier alpha value is -2.13. The standard InChI is InChI=1S/C19H21NO2/c1-12-9-13(2)18(14(3)10-12)20-16(11-21)17(19(20)22)15-7-5-4-6-8-15/h4-10,16-17,21H,11H2,1-3H3/t16-,17+/m0/s1. The fourth-order valence-corrected chi connectivity index (χ4v) is 3.59. The van der Waals surface area contributed by atoms with Crippen molar-refractivity contribution < 1.29 is 9.90 Å². The number of nitrogens with zero attached hydrogens (tertiary/aromatic N) is 1. The van der Waals surface area contributed by atoms with Crippen LogP contribution < -0.4 is 4.90 Å². The lowest BCUT2D eigenvalue weighted by molar-refractivity contribution is -0.127. The first kappa shape index (κ1) is 14.8. The molecule has 1 heterocycles. The Balaban J connectivity index is 1.99. The fourth-order valence-electron chi connectivity index (χ4n) is 3.59. The second kappa shape index (κ2) is 5.58. The van der Waals surface area contributed by atoms with E-state index in [2.05, 4.69) is 19.1 Å². The number of carbonyl (C=O) groups excluding carboxylic acids is 1. The number of aryl methyl sites for hydroxylation is 3. The van der Waals surface area contributed by atoms with Crippen molar-refractivity contribution in [2.75, 3.05) is 11.5 Å². The van der Waals surface area contributed by atoms with Gasteiger partial charge in [0.25, 0.3) is 0 Å². The lowest BCUT2D eigenvalue weighted by atomic mass is 9.80. The van der Waals surface area contributed by atoms with Gasteiger partial charge in [0.15, 0.2) is 0 Å². The van der Waals surface area contributed by atoms with Gasteiger partial charge in [0, 0.05) is 5.69 Å². The number of β-lactam (4-membered cyclic amide) rings is 1. The molecule has 2 aromatic rings. The van der Waals surface area contributed by atoms with E-state index in [0.717, 1.165) is 22.4 Å². The number of amides is 1. The molecule has 0 bridgehead atoms. The number of hydrogen-bond acceptors (Lipinski definition) is 2. The molecule has 3 heteroatoms. The molecule has 0 unspecified atom stereocenters. The van der Waals surface area contributed by atoms with Crippen molar-refractivity contribution in [2.45, 2.75) is 32.7 Å². The Morgan fingerprint density at radius 3 is 2.18 bits per heavy atom. The Kier molecular flexibility index (Phi) is 3.75. The minimum atomic E-state index is -0.244. The molecular weight excluding hydrogens is 274 g/mol. The average Bonchev–Trinajstić information content (AvgIpc) is 2.48. The highest BCUT2D eigenvalue weighted by Crippen LogP contribution is 2.41. The van der Waals surface area contributed by atoms with Crippen LogP contribution in [0.2, 0.25) is 0 Å². The van der Waals surface area contributed by atoms with Crippen molar-refractivity contribution in [1.29, 1.82) is 0 Å². The molecular formula is C19H21NO2. The summed E-state index contributed by atoms with van der Waals surface area (Å²) >= 11 is 0. The van der Waals surface area contributed by atoms with Crippen LogP contribution in [-0.2, 0) is 4.79 Å². The first-order valence-corrected chi connectivity index (χ1v) is 7.61. The van der Waals surface area contributed by atoms with Gasteiger partial charge in [-0.05, 0) is 37.5 Å². The number of anilines is 1. The number of aliphatic hydroxyl groups excluding tert-OH is 1. The second-order valence-corrected chi connectivity index (χ2v) is 6.09. The van der Waals surface area contributed by atoms with Crippen LogP contribution in [0.3, 0.4) is 0 Å². The van der Waals surface area contributed by atoms with Crippen molar-refractivity contribution >= 4 is 11.6 Å². The van der Waals surface area contributed by atoms with Gasteiger partial charge in [-0.1, -0.05) is 48.0 Å². The first-order valence-electron chi connectivity index (χ1n) is 7.61. The summed E-state index contributed by atoms with van der Waals surface area (Å²) in [6.07, 6.45) is 0. The smallest absolute Gasteiger partial charge is 0.237 e. The average molecular weight is 295 g/mol. The number of carbonyl (C=O) groups is 1. The van der Waals surface area contributed by atoms with E-state index in [-0.39, 0.29) is 24.5 Å². The first-order chi connectivity index (χ1) is 10.5. The van der Waals surface area contributed by atoms with Crippen LogP contribution in [0.5, 0.6) is 0 Å². The largest absolute Gasteiger partial charge is 0.394 e. The quantitative estimate of drug-likeness (QED) is 0.884. The second-order valence-electron chi connectivity index (χ2n) is 6.09. The van der Waals surface area contributed by atoms with Gasteiger partial charge in [-0.15, -0.1) is 0 Å². The molecule has 0 aliphatic carbocycles. The Morgan fingerprint density at radius 1 is 1.05 bits per heavy atom. The van der Waals surface area contributed by atoms with E-state index >= 15 is 0 Å². The van der Waals surface area contributed by atoms with Crippen LogP contribution in [0, 0.1) is 20.8 Å². The summed E-state index contributed by atoms with van der Waals surface area (Å²) in [6, 6.07) is 13.7. The highest BCUT2D eigenvalue weighted by molar-refractivity contribution is 6.07. The number of rotatable bonds is 3. The van der Waals surface area contributed by atoms with Gasteiger partial charge < -0.3 is 10.0 Å². The minimum absolute atomic E-state index is 0.0297. The monoisotopic (exact) mass is 295 g/mol. The van der Waals surface area contributed by atoms with Crippen LogP contribution in [0.4, 0.5) is 5.69 Å². The Morgan fingerprint density at radius 2 is 1.64 bits per heavy atom. The maximum Gasteiger partial charge on any atom is 0.237 e. The van der Waals surface area contributed by atoms with Gasteiger partial charge in [-0.25, -0.2) is 0 Å². The van der Waals surface area contributed by atoms with E-state index in [1.165, 1.54) is 5.56 Å². The van der Waals surface area contributed by atoms with Gasteiger partial charge in [-0.2, -0.15) is 0 Å². The van der Waals surface area contributed by atoms with Gasteiger partial charge >= 0.3 is 0 Å². The topological polar surface area (TPSA) is 40.5 Å². The zero-order valence-electron chi connectivity index (χ0n) is 13.2. The van der Waals surface area contributed by atoms with E-state index in [0.29, 0.717) is 0 Å². The molecule has 1 N–H and O–H groups in total. The fraction of sp³-hybridized carbons (Fsp3) is 0.316. The van der Waals surface area contributed by atoms with E-state index in [4.69, 9.17) is 0 Å². The van der Waals surface area contributed by atoms with Crippen molar-refractivity contribution in [2.24, 2.45) is 0 Å². The molecule has 1 aliphatic rings. The molecule has 114 valence electrons. The number of benzene rings is 2. The highest BCUT2D eigenvalue weighted by atomic mass is 16.3. The highest BCUT2D eigenvalue weighted by Gasteiger charge is 2.49. The van der Waals surface area contributed by atoms with Crippen molar-refractivity contribution in [3.05, 3.63) is 64.7 Å². The van der Waals surface area contributed by atoms with Crippen LogP contribution in [0.15, 0.2) is 42.5 Å². The predicted octanol–water partition coefficient (Wildman–Crippen LogP) is 3.10. The third-order valence-corrected chi connectivity index (χ3v) is 4.44. The molecule has 22 heavy (non-hydrogen) atoms. The summed E-state index contributed by atoms with van der Waals surface area (Å²) in [7, 11) is 0. The lowest BCUT2D eigenvalue weighted by Crippen LogP contribution is -2.61. The zero-order valence-corrected chi connectivity index (χ0v) is 13.2. The van der Waals surface area contributed by atoms with Crippen LogP contribution in [-0.4, -0.2) is 23.7 Å². The van der Waals surface area contributed by atoms with E-state index < -0.39 is 0 Å². The third-order valence-electron chi connectivity index (χ3n) is 4.44. The SMILES string of the molecule is Cc1cc(C)c(N2C(=O)[C@H](c3ccccc3)[C@@H]2CO)c(C)c1. The maximum atomic E-state index is 12.7. The van der Waals surface area contributed by atoms with E-state index in [9.17, 15) is 9.90 Å². The molecule has 1 saturated heterocycles. The summed E-state index contributed by atoms with van der Waals surface area (Å²) in [5.74, 6) is -0.174. The molecule has 3 rings (SSSR count). The number of hydrogen-bond donors (Lipinski definition) is 1. The molecule has 1 aliphatic heterocycles. The van der Waals surface area contributed by atoms with Crippen LogP contribution in [0.1, 0.15) is 28.2 Å². The molecule has 0 saturated carbocycles. The molecule has 2 atom stereocenters. The van der Waals surface area contributed by atoms with Crippen molar-refractivity contribution in [1.82, 2.24) is 0 Å². The molecule has 0 spiro atoms. The summed E-state index contributed by atoms with van der Waals surface area (Å²) in [4.78, 5) is 14.5. The van der Waals surface area contributed by atoms with E-state index in [1.807, 2.05) is 44.2 Å². The maximum absolute atomic E-state index is 12.7. The predicted molar refractivity (Wildman–Crippen MR) is 88.2 cm³/mol. The van der Waals surface area contributed by atoms with Gasteiger partial charge in [0.1, 0.15) is 0 Å². The third kappa shape index (κ3) is 2.22.